The molecule has 8 nitrogen and oxygen atoms in total. The smallest absolute Gasteiger partial charge is 0.387 e. The summed E-state index contributed by atoms with van der Waals surface area (Å²) in [5.41, 5.74) is 6.57. The molecule has 0 fully saturated rings. The minimum Gasteiger partial charge on any atom is -0.440 e. The van der Waals surface area contributed by atoms with E-state index >= 15 is 0 Å². The third-order valence-electron chi connectivity index (χ3n) is 6.48. The van der Waals surface area contributed by atoms with E-state index in [9.17, 15) is 18.3 Å². The molecule has 218 valence electrons. The zero-order valence-electron chi connectivity index (χ0n) is 23.0. The first-order chi connectivity index (χ1) is 20.1. The fraction of sp³-hybridized carbons (Fsp3) is 0.200. The largest absolute Gasteiger partial charge is 0.440 e. The number of benzene rings is 3. The van der Waals surface area contributed by atoms with E-state index in [1.807, 2.05) is 48.9 Å². The van der Waals surface area contributed by atoms with Crippen LogP contribution < -0.4 is 4.74 Å². The van der Waals surface area contributed by atoms with E-state index in [0.717, 1.165) is 22.6 Å². The van der Waals surface area contributed by atoms with Crippen molar-refractivity contribution in [3.8, 4) is 45.1 Å². The normalized spacial score (nSPS) is 10.9. The number of hydrogen-bond acceptors (Lipinski definition) is 7. The number of hydrogen-bond donors (Lipinski definition) is 1. The van der Waals surface area contributed by atoms with Gasteiger partial charge in [-0.1, -0.05) is 12.1 Å². The van der Waals surface area contributed by atoms with E-state index in [4.69, 9.17) is 12.8 Å². The monoisotopic (exact) mass is 597 g/mol. The number of aliphatic hydroxyl groups excluding tert-OH is 1. The van der Waals surface area contributed by atoms with Crippen LogP contribution in [0.3, 0.4) is 0 Å². The second kappa shape index (κ2) is 13.0. The first kappa shape index (κ1) is 30.4. The molecule has 0 aliphatic carbocycles. The molecular formula is C30H26F3N3O5S. The summed E-state index contributed by atoms with van der Waals surface area (Å²) in [5.74, 6) is 0.391. The van der Waals surface area contributed by atoms with E-state index in [0.29, 0.717) is 39.6 Å². The van der Waals surface area contributed by atoms with Gasteiger partial charge in [0.25, 0.3) is 0 Å². The van der Waals surface area contributed by atoms with Crippen molar-refractivity contribution in [1.29, 1.82) is 0 Å². The molecule has 0 amide bonds. The summed E-state index contributed by atoms with van der Waals surface area (Å²) in [6, 6.07) is 17.0. The molecule has 0 unspecified atom stereocenters. The number of aromatic nitrogens is 3. The predicted molar refractivity (Wildman–Crippen MR) is 150 cm³/mol. The first-order valence-corrected chi connectivity index (χ1v) is 13.3. The van der Waals surface area contributed by atoms with Gasteiger partial charge < -0.3 is 14.3 Å². The Hall–Kier alpha value is -4.55. The van der Waals surface area contributed by atoms with Crippen molar-refractivity contribution in [3.63, 3.8) is 0 Å². The van der Waals surface area contributed by atoms with Crippen LogP contribution in [0, 0.1) is 33.5 Å². The van der Waals surface area contributed by atoms with Crippen molar-refractivity contribution in [1.82, 2.24) is 14.8 Å². The van der Waals surface area contributed by atoms with Gasteiger partial charge in [-0.15, -0.1) is 0 Å². The summed E-state index contributed by atoms with van der Waals surface area (Å²) in [6.07, 6.45) is 0. The molecule has 42 heavy (non-hydrogen) atoms. The van der Waals surface area contributed by atoms with Gasteiger partial charge in [0.1, 0.15) is 17.3 Å². The molecule has 0 saturated carbocycles. The third kappa shape index (κ3) is 6.50. The van der Waals surface area contributed by atoms with E-state index in [-0.39, 0.29) is 17.9 Å². The predicted octanol–water partition coefficient (Wildman–Crippen LogP) is 6.66. The highest BCUT2D eigenvalue weighted by molar-refractivity contribution is 7.51. The average Bonchev–Trinajstić information content (AvgIpc) is 3.49. The molecule has 5 rings (SSSR count). The maximum atomic E-state index is 14.8. The molecule has 0 spiro atoms. The number of ether oxygens (including phenoxy) is 1. The first-order valence-electron chi connectivity index (χ1n) is 12.6. The molecular weight excluding hydrogens is 571 g/mol. The zero-order valence-corrected chi connectivity index (χ0v) is 23.8. The minimum atomic E-state index is -2.93. The van der Waals surface area contributed by atoms with E-state index in [1.165, 1.54) is 18.2 Å². The maximum absolute atomic E-state index is 14.8. The molecule has 0 aliphatic heterocycles. The summed E-state index contributed by atoms with van der Waals surface area (Å²) in [7, 11) is 0. The fourth-order valence-corrected chi connectivity index (χ4v) is 4.70. The molecule has 12 heteroatoms. The van der Waals surface area contributed by atoms with Gasteiger partial charge in [-0.2, -0.15) is 22.3 Å². The SMILES string of the molecule is Cc1cc(C)n(-c2ccc(-c3cc(C)c(CO)c(F)c3)cc2-c2nc(C)oc2-c2ccc(OC(F)F)cc2)n1.O=S=O. The number of rotatable bonds is 7. The Morgan fingerprint density at radius 2 is 1.62 bits per heavy atom. The number of aryl methyl sites for hydroxylation is 4. The molecule has 0 saturated heterocycles. The van der Waals surface area contributed by atoms with Crippen LogP contribution in [0.15, 0.2) is 65.1 Å². The highest BCUT2D eigenvalue weighted by Crippen LogP contribution is 2.39. The molecule has 0 aliphatic rings. The number of nitrogens with zero attached hydrogens (tertiary/aromatic N) is 3. The van der Waals surface area contributed by atoms with Gasteiger partial charge >= 0.3 is 18.2 Å². The topological polar surface area (TPSA) is 107 Å². The second-order valence-electron chi connectivity index (χ2n) is 9.36. The van der Waals surface area contributed by atoms with Crippen molar-refractivity contribution >= 4 is 11.6 Å². The van der Waals surface area contributed by atoms with Crippen molar-refractivity contribution in [3.05, 3.63) is 94.9 Å². The molecule has 0 atom stereocenters. The van der Waals surface area contributed by atoms with Gasteiger partial charge in [-0.3, -0.25) is 0 Å². The van der Waals surface area contributed by atoms with Crippen LogP contribution in [-0.4, -0.2) is 34.9 Å². The Morgan fingerprint density at radius 3 is 2.19 bits per heavy atom. The van der Waals surface area contributed by atoms with Crippen molar-refractivity contribution < 1.29 is 35.8 Å². The van der Waals surface area contributed by atoms with Crippen LogP contribution in [0.2, 0.25) is 0 Å². The highest BCUT2D eigenvalue weighted by Gasteiger charge is 2.22. The van der Waals surface area contributed by atoms with Crippen LogP contribution in [-0.2, 0) is 18.2 Å². The molecule has 3 aromatic carbocycles. The van der Waals surface area contributed by atoms with Crippen molar-refractivity contribution in [2.45, 2.75) is 40.9 Å². The summed E-state index contributed by atoms with van der Waals surface area (Å²) >= 11 is -0.750. The second-order valence-corrected chi connectivity index (χ2v) is 9.50. The van der Waals surface area contributed by atoms with Gasteiger partial charge in [-0.05, 0) is 86.0 Å². The van der Waals surface area contributed by atoms with E-state index in [2.05, 4.69) is 14.8 Å². The minimum absolute atomic E-state index is 0.0283. The Morgan fingerprint density at radius 1 is 0.952 bits per heavy atom. The third-order valence-corrected chi connectivity index (χ3v) is 6.48. The quantitative estimate of drug-likeness (QED) is 0.224. The summed E-state index contributed by atoms with van der Waals surface area (Å²) in [4.78, 5) is 4.68. The molecule has 0 radical (unpaired) electrons. The number of oxazole rings is 1. The van der Waals surface area contributed by atoms with Gasteiger partial charge in [0.05, 0.1) is 18.0 Å². The van der Waals surface area contributed by atoms with Crippen LogP contribution in [0.5, 0.6) is 5.75 Å². The van der Waals surface area contributed by atoms with E-state index in [1.54, 1.807) is 26.0 Å². The van der Waals surface area contributed by atoms with Crippen LogP contribution in [0.1, 0.15) is 28.4 Å². The average molecular weight is 598 g/mol. The fourth-order valence-electron chi connectivity index (χ4n) is 4.70. The zero-order chi connectivity index (χ0) is 30.6. The lowest BCUT2D eigenvalue weighted by Crippen LogP contribution is -2.03. The van der Waals surface area contributed by atoms with Gasteiger partial charge in [-0.25, -0.2) is 14.1 Å². The van der Waals surface area contributed by atoms with Crippen molar-refractivity contribution in [2.24, 2.45) is 0 Å². The number of alkyl halides is 2. The Kier molecular flexibility index (Phi) is 9.38. The summed E-state index contributed by atoms with van der Waals surface area (Å²) < 4.78 is 68.9. The van der Waals surface area contributed by atoms with Crippen molar-refractivity contribution in [2.75, 3.05) is 0 Å². The van der Waals surface area contributed by atoms with Crippen LogP contribution in [0.25, 0.3) is 39.4 Å². The molecule has 0 bridgehead atoms. The number of aliphatic hydroxyl groups is 1. The molecule has 1 N–H and O–H groups in total. The van der Waals surface area contributed by atoms with Gasteiger partial charge in [0.2, 0.25) is 0 Å². The highest BCUT2D eigenvalue weighted by atomic mass is 32.1. The van der Waals surface area contributed by atoms with Gasteiger partial charge in [0.15, 0.2) is 11.7 Å². The molecule has 5 aromatic rings. The standard InChI is InChI=1S/C30H26F3N3O3.O2S/c1-16-11-22(14-26(31)25(16)15-37)21-7-10-27(36-18(3)12-17(2)35-36)24(13-21)28-29(38-19(4)34-28)20-5-8-23(9-6-20)39-30(32)33;1-3-2/h5-14,30,37H,15H2,1-4H3;. The Labute approximate surface area is 243 Å². The lowest BCUT2D eigenvalue weighted by Gasteiger charge is -2.15. The Balaban J connectivity index is 0.00000129. The van der Waals surface area contributed by atoms with Crippen LogP contribution >= 0.6 is 0 Å². The summed E-state index contributed by atoms with van der Waals surface area (Å²) in [5, 5.41) is 14.2. The van der Waals surface area contributed by atoms with Crippen LogP contribution in [0.4, 0.5) is 13.2 Å². The van der Waals surface area contributed by atoms with Gasteiger partial charge in [0, 0.05) is 29.3 Å². The maximum Gasteiger partial charge on any atom is 0.387 e. The molecule has 2 heterocycles. The lowest BCUT2D eigenvalue weighted by atomic mass is 9.95. The summed E-state index contributed by atoms with van der Waals surface area (Å²) in [6.45, 7) is 4.01. The van der Waals surface area contributed by atoms with E-state index < -0.39 is 24.0 Å². The lowest BCUT2D eigenvalue weighted by molar-refractivity contribution is -0.0498. The molecule has 2 aromatic heterocycles. The Bertz CT molecular complexity index is 1740. The number of halogens is 3.